The Hall–Kier alpha value is -3.03. The van der Waals surface area contributed by atoms with Gasteiger partial charge in [-0.3, -0.25) is 14.5 Å². The summed E-state index contributed by atoms with van der Waals surface area (Å²) < 4.78 is 20.8. The highest BCUT2D eigenvalue weighted by Crippen LogP contribution is 2.36. The topological polar surface area (TPSA) is 51.5 Å². The molecule has 5 nitrogen and oxygen atoms in total. The molecule has 0 aliphatic carbocycles. The maximum absolute atomic E-state index is 13.3. The van der Waals surface area contributed by atoms with Crippen molar-refractivity contribution in [1.29, 1.82) is 0 Å². The van der Waals surface area contributed by atoms with Crippen molar-refractivity contribution < 1.29 is 18.7 Å². The van der Waals surface area contributed by atoms with Gasteiger partial charge in [-0.25, -0.2) is 4.39 Å². The van der Waals surface area contributed by atoms with Gasteiger partial charge in [-0.2, -0.15) is 0 Å². The van der Waals surface area contributed by atoms with Crippen LogP contribution in [0.15, 0.2) is 53.4 Å². The van der Waals surface area contributed by atoms with Gasteiger partial charge in [0.1, 0.15) is 11.6 Å². The Morgan fingerprint density at radius 3 is 2.59 bits per heavy atom. The lowest BCUT2D eigenvalue weighted by Gasteiger charge is -2.14. The van der Waals surface area contributed by atoms with Gasteiger partial charge >= 0.3 is 0 Å². The van der Waals surface area contributed by atoms with Crippen LogP contribution in [0.1, 0.15) is 22.5 Å². The lowest BCUT2D eigenvalue weighted by atomic mass is 10.2. The molecule has 2 aromatic carbocycles. The van der Waals surface area contributed by atoms with Crippen molar-refractivity contribution in [3.8, 4) is 11.4 Å². The van der Waals surface area contributed by atoms with E-state index in [0.717, 1.165) is 45.1 Å². The molecule has 0 spiro atoms. The van der Waals surface area contributed by atoms with Crippen molar-refractivity contribution >= 4 is 40.6 Å². The Bertz CT molecular complexity index is 1270. The normalized spacial score (nSPS) is 15.2. The van der Waals surface area contributed by atoms with Gasteiger partial charge in [0.05, 0.1) is 24.2 Å². The maximum Gasteiger partial charge on any atom is 0.293 e. The molecule has 0 N–H and O–H groups in total. The first-order chi connectivity index (χ1) is 15.3. The van der Waals surface area contributed by atoms with E-state index in [0.29, 0.717) is 10.5 Å². The van der Waals surface area contributed by atoms with Crippen LogP contribution in [0.4, 0.5) is 9.18 Å². The summed E-state index contributed by atoms with van der Waals surface area (Å²) in [6.07, 6.45) is 1.73. The van der Waals surface area contributed by atoms with Gasteiger partial charge in [-0.15, -0.1) is 0 Å². The number of ether oxygens (including phenoxy) is 1. The number of para-hydroxylation sites is 2. The number of halogens is 2. The lowest BCUT2D eigenvalue weighted by molar-refractivity contribution is -0.123. The van der Waals surface area contributed by atoms with Crippen molar-refractivity contribution in [3.05, 3.63) is 86.8 Å². The number of hydrogen-bond acceptors (Lipinski definition) is 4. The average Bonchev–Trinajstić information content (AvgIpc) is 3.19. The summed E-state index contributed by atoms with van der Waals surface area (Å²) in [6.45, 7) is 3.91. The minimum absolute atomic E-state index is 0.0125. The van der Waals surface area contributed by atoms with E-state index in [1.165, 1.54) is 18.2 Å². The van der Waals surface area contributed by atoms with Crippen LogP contribution < -0.4 is 4.74 Å². The fourth-order valence-electron chi connectivity index (χ4n) is 3.72. The van der Waals surface area contributed by atoms with Crippen molar-refractivity contribution in [2.75, 3.05) is 7.11 Å². The molecule has 0 radical (unpaired) electrons. The molecule has 32 heavy (non-hydrogen) atoms. The third kappa shape index (κ3) is 4.06. The fourth-order valence-corrected chi connectivity index (χ4v) is 4.77. The molecule has 2 amide bonds. The van der Waals surface area contributed by atoms with Gasteiger partial charge in [0, 0.05) is 16.4 Å². The molecule has 3 aromatic rings. The number of rotatable bonds is 5. The summed E-state index contributed by atoms with van der Waals surface area (Å²) in [4.78, 5) is 26.9. The molecule has 1 aliphatic heterocycles. The van der Waals surface area contributed by atoms with E-state index < -0.39 is 11.7 Å². The second kappa shape index (κ2) is 8.84. The van der Waals surface area contributed by atoms with Crippen LogP contribution in [0, 0.1) is 19.7 Å². The number of amides is 2. The smallest absolute Gasteiger partial charge is 0.293 e. The zero-order valence-corrected chi connectivity index (χ0v) is 19.3. The lowest BCUT2D eigenvalue weighted by Crippen LogP contribution is -2.27. The van der Waals surface area contributed by atoms with Crippen molar-refractivity contribution in [2.24, 2.45) is 0 Å². The van der Waals surface area contributed by atoms with Crippen LogP contribution in [0.5, 0.6) is 5.75 Å². The number of aromatic nitrogens is 1. The third-order valence-electron chi connectivity index (χ3n) is 5.30. The zero-order chi connectivity index (χ0) is 23.0. The number of aryl methyl sites for hydroxylation is 1. The predicted molar refractivity (Wildman–Crippen MR) is 125 cm³/mol. The largest absolute Gasteiger partial charge is 0.495 e. The minimum atomic E-state index is -0.474. The standard InChI is InChI=1S/C24H20ClFN2O3S/c1-14-10-17(15(2)28(14)20-6-4-5-7-21(20)31-3)11-22-23(29)27(24(30)32-22)13-16-8-9-18(26)12-19(16)25/h4-12H,13H2,1-3H3/b22-11-. The highest BCUT2D eigenvalue weighted by atomic mass is 35.5. The van der Waals surface area contributed by atoms with Crippen LogP contribution in [0.25, 0.3) is 11.8 Å². The van der Waals surface area contributed by atoms with Gasteiger partial charge in [-0.1, -0.05) is 29.8 Å². The molecular weight excluding hydrogens is 451 g/mol. The maximum atomic E-state index is 13.3. The van der Waals surface area contributed by atoms with Gasteiger partial charge in [0.15, 0.2) is 0 Å². The molecule has 1 aliphatic rings. The number of hydrogen-bond donors (Lipinski definition) is 0. The molecule has 0 atom stereocenters. The molecule has 0 bridgehead atoms. The van der Waals surface area contributed by atoms with E-state index in [2.05, 4.69) is 0 Å². The summed E-state index contributed by atoms with van der Waals surface area (Å²) in [7, 11) is 1.62. The number of benzene rings is 2. The van der Waals surface area contributed by atoms with Gasteiger partial charge in [0.25, 0.3) is 11.1 Å². The minimum Gasteiger partial charge on any atom is -0.495 e. The number of thioether (sulfide) groups is 1. The summed E-state index contributed by atoms with van der Waals surface area (Å²) in [5, 5.41) is -0.214. The third-order valence-corrected chi connectivity index (χ3v) is 6.56. The van der Waals surface area contributed by atoms with E-state index in [-0.39, 0.29) is 16.8 Å². The molecule has 164 valence electrons. The van der Waals surface area contributed by atoms with E-state index in [9.17, 15) is 14.0 Å². The highest BCUT2D eigenvalue weighted by Gasteiger charge is 2.35. The summed E-state index contributed by atoms with van der Waals surface area (Å²) in [5.41, 5.74) is 4.12. The Labute approximate surface area is 194 Å². The molecule has 1 aromatic heterocycles. The number of carbonyl (C=O) groups excluding carboxylic acids is 2. The van der Waals surface area contributed by atoms with Crippen LogP contribution in [0.2, 0.25) is 5.02 Å². The van der Waals surface area contributed by atoms with E-state index >= 15 is 0 Å². The number of methoxy groups -OCH3 is 1. The molecule has 0 saturated carbocycles. The quantitative estimate of drug-likeness (QED) is 0.421. The second-order valence-electron chi connectivity index (χ2n) is 7.34. The van der Waals surface area contributed by atoms with Crippen molar-refractivity contribution in [3.63, 3.8) is 0 Å². The number of imide groups is 1. The summed E-state index contributed by atoms with van der Waals surface area (Å²) in [6, 6.07) is 13.5. The van der Waals surface area contributed by atoms with Gasteiger partial charge < -0.3 is 9.30 Å². The summed E-state index contributed by atoms with van der Waals surface area (Å²) >= 11 is 6.95. The number of carbonyl (C=O) groups is 2. The van der Waals surface area contributed by atoms with Gasteiger partial charge in [-0.05, 0) is 73.1 Å². The average molecular weight is 471 g/mol. The first kappa shape index (κ1) is 22.2. The molecule has 4 rings (SSSR count). The fraction of sp³-hybridized carbons (Fsp3) is 0.167. The molecule has 8 heteroatoms. The van der Waals surface area contributed by atoms with Crippen molar-refractivity contribution in [2.45, 2.75) is 20.4 Å². The Morgan fingerprint density at radius 2 is 1.88 bits per heavy atom. The Morgan fingerprint density at radius 1 is 1.12 bits per heavy atom. The molecular formula is C24H20ClFN2O3S. The molecule has 1 fully saturated rings. The predicted octanol–water partition coefficient (Wildman–Crippen LogP) is 6.13. The van der Waals surface area contributed by atoms with Gasteiger partial charge in [0.2, 0.25) is 0 Å². The second-order valence-corrected chi connectivity index (χ2v) is 8.74. The zero-order valence-electron chi connectivity index (χ0n) is 17.7. The van der Waals surface area contributed by atoms with Crippen molar-refractivity contribution in [1.82, 2.24) is 9.47 Å². The van der Waals surface area contributed by atoms with E-state index in [1.807, 2.05) is 48.7 Å². The van der Waals surface area contributed by atoms with E-state index in [1.54, 1.807) is 13.2 Å². The van der Waals surface area contributed by atoms with Crippen LogP contribution in [0.3, 0.4) is 0 Å². The first-order valence-electron chi connectivity index (χ1n) is 9.81. The Balaban J connectivity index is 1.65. The SMILES string of the molecule is COc1ccccc1-n1c(C)cc(/C=C2\SC(=O)N(Cc3ccc(F)cc3Cl)C2=O)c1C. The highest BCUT2D eigenvalue weighted by molar-refractivity contribution is 8.18. The molecule has 2 heterocycles. The van der Waals surface area contributed by atoms with Crippen LogP contribution in [-0.2, 0) is 11.3 Å². The van der Waals surface area contributed by atoms with Crippen LogP contribution in [-0.4, -0.2) is 27.7 Å². The van der Waals surface area contributed by atoms with Crippen LogP contribution >= 0.6 is 23.4 Å². The summed E-state index contributed by atoms with van der Waals surface area (Å²) in [5.74, 6) is -0.141. The Kier molecular flexibility index (Phi) is 6.13. The monoisotopic (exact) mass is 470 g/mol. The first-order valence-corrected chi connectivity index (χ1v) is 11.0. The van der Waals surface area contributed by atoms with E-state index in [4.69, 9.17) is 16.3 Å². The molecule has 1 saturated heterocycles. The number of nitrogens with zero attached hydrogens (tertiary/aromatic N) is 2. The molecule has 0 unspecified atom stereocenters.